The Hall–Kier alpha value is -0.500. The van der Waals surface area contributed by atoms with E-state index < -0.39 is 10.4 Å². The van der Waals surface area contributed by atoms with Gasteiger partial charge >= 0.3 is 0 Å². The third-order valence-corrected chi connectivity index (χ3v) is 3.12. The summed E-state index contributed by atoms with van der Waals surface area (Å²) in [5, 5.41) is 0. The lowest BCUT2D eigenvalue weighted by Crippen LogP contribution is -2.32. The van der Waals surface area contributed by atoms with Crippen LogP contribution in [0.15, 0.2) is 5.51 Å². The zero-order valence-electron chi connectivity index (χ0n) is 9.63. The van der Waals surface area contributed by atoms with Crippen LogP contribution in [0, 0.1) is 6.92 Å². The fourth-order valence-electron chi connectivity index (χ4n) is 1.23. The number of aromatic nitrogens is 1. The van der Waals surface area contributed by atoms with Gasteiger partial charge in [-0.25, -0.2) is 8.42 Å². The predicted octanol–water partition coefficient (Wildman–Crippen LogP) is 1.32. The third kappa shape index (κ3) is 6.89. The highest BCUT2D eigenvalue weighted by molar-refractivity contribution is 7.79. The SMILES string of the molecule is CCCc1sc[n+](CC)c1C.O=S(=O)([O-])O. The maximum Gasteiger partial charge on any atom is 0.225 e. The predicted molar refractivity (Wildman–Crippen MR) is 61.2 cm³/mol. The van der Waals surface area contributed by atoms with Crippen molar-refractivity contribution in [1.82, 2.24) is 0 Å². The summed E-state index contributed by atoms with van der Waals surface area (Å²) < 4.78 is 35.1. The molecule has 0 saturated heterocycles. The molecule has 0 bridgehead atoms. The van der Waals surface area contributed by atoms with E-state index in [0.29, 0.717) is 0 Å². The summed E-state index contributed by atoms with van der Waals surface area (Å²) >= 11 is 1.89. The largest absolute Gasteiger partial charge is 0.726 e. The molecule has 0 aliphatic heterocycles. The minimum absolute atomic E-state index is 1.10. The van der Waals surface area contributed by atoms with Crippen LogP contribution < -0.4 is 4.57 Å². The number of thiazole rings is 1. The standard InChI is InChI=1S/C9H16NS.H2O4S/c1-4-6-9-8(3)10(5-2)7-11-9;1-5(2,3)4/h7H,4-6H2,1-3H3;(H2,1,2,3,4)/q+1;/p-1. The van der Waals surface area contributed by atoms with Gasteiger partial charge in [0.1, 0.15) is 6.54 Å². The number of hydrogen-bond acceptors (Lipinski definition) is 4. The summed E-state index contributed by atoms with van der Waals surface area (Å²) in [5.41, 5.74) is 3.68. The second-order valence-electron chi connectivity index (χ2n) is 3.20. The highest BCUT2D eigenvalue weighted by Crippen LogP contribution is 2.12. The van der Waals surface area contributed by atoms with Crippen LogP contribution in [0.2, 0.25) is 0 Å². The van der Waals surface area contributed by atoms with E-state index in [4.69, 9.17) is 17.5 Å². The average molecular weight is 267 g/mol. The lowest BCUT2D eigenvalue weighted by Gasteiger charge is -1.91. The third-order valence-electron chi connectivity index (χ3n) is 1.97. The van der Waals surface area contributed by atoms with Crippen LogP contribution in [0.3, 0.4) is 0 Å². The second-order valence-corrected chi connectivity index (χ2v) is 4.99. The first kappa shape index (κ1) is 15.5. The summed E-state index contributed by atoms with van der Waals surface area (Å²) in [7, 11) is -4.92. The van der Waals surface area contributed by atoms with E-state index in [1.165, 1.54) is 18.5 Å². The van der Waals surface area contributed by atoms with Crippen molar-refractivity contribution in [1.29, 1.82) is 0 Å². The van der Waals surface area contributed by atoms with Crippen molar-refractivity contribution in [2.75, 3.05) is 0 Å². The number of hydrogen-bond donors (Lipinski definition) is 1. The molecule has 0 aliphatic carbocycles. The van der Waals surface area contributed by atoms with E-state index in [1.807, 2.05) is 11.3 Å². The molecule has 7 heteroatoms. The van der Waals surface area contributed by atoms with E-state index in [-0.39, 0.29) is 0 Å². The molecule has 1 rings (SSSR count). The monoisotopic (exact) mass is 267 g/mol. The first-order chi connectivity index (χ1) is 7.29. The van der Waals surface area contributed by atoms with Gasteiger partial charge < -0.3 is 4.55 Å². The minimum atomic E-state index is -4.92. The number of rotatable bonds is 3. The number of nitrogens with zero attached hydrogens (tertiary/aromatic N) is 1. The Morgan fingerprint density at radius 1 is 1.50 bits per heavy atom. The Morgan fingerprint density at radius 2 is 2.00 bits per heavy atom. The molecule has 94 valence electrons. The topological polar surface area (TPSA) is 81.3 Å². The average Bonchev–Trinajstić information content (AvgIpc) is 2.46. The Morgan fingerprint density at radius 3 is 2.31 bits per heavy atom. The Balaban J connectivity index is 0.000000385. The molecule has 1 aromatic rings. The van der Waals surface area contributed by atoms with Gasteiger partial charge in [0, 0.05) is 6.92 Å². The molecule has 0 aliphatic rings. The van der Waals surface area contributed by atoms with Crippen molar-refractivity contribution >= 4 is 21.7 Å². The molecular weight excluding hydrogens is 250 g/mol. The van der Waals surface area contributed by atoms with Crippen LogP contribution in [0.5, 0.6) is 0 Å². The smallest absolute Gasteiger partial charge is 0.225 e. The zero-order valence-corrected chi connectivity index (χ0v) is 11.3. The van der Waals surface area contributed by atoms with Crippen LogP contribution in [0.25, 0.3) is 0 Å². The van der Waals surface area contributed by atoms with Gasteiger partial charge in [-0.15, -0.1) is 0 Å². The van der Waals surface area contributed by atoms with Gasteiger partial charge in [-0.1, -0.05) is 24.7 Å². The van der Waals surface area contributed by atoms with Gasteiger partial charge in [0.25, 0.3) is 0 Å². The summed E-state index contributed by atoms with van der Waals surface area (Å²) in [6.07, 6.45) is 2.49. The normalized spacial score (nSPS) is 10.8. The van der Waals surface area contributed by atoms with E-state index >= 15 is 0 Å². The van der Waals surface area contributed by atoms with Gasteiger partial charge in [0.05, 0.1) is 4.88 Å². The molecular formula is C9H17NO4S2. The Kier molecular flexibility index (Phi) is 6.73. The van der Waals surface area contributed by atoms with Crippen LogP contribution in [0.1, 0.15) is 30.8 Å². The summed E-state index contributed by atoms with van der Waals surface area (Å²) in [6, 6.07) is 0. The van der Waals surface area contributed by atoms with Crippen LogP contribution in [-0.4, -0.2) is 17.5 Å². The van der Waals surface area contributed by atoms with Gasteiger partial charge in [-0.3, -0.25) is 4.55 Å². The molecule has 1 aromatic heterocycles. The molecule has 5 nitrogen and oxygen atoms in total. The maximum absolute atomic E-state index is 8.63. The lowest BCUT2D eigenvalue weighted by atomic mass is 10.2. The van der Waals surface area contributed by atoms with Crippen molar-refractivity contribution in [2.24, 2.45) is 0 Å². The molecule has 0 saturated carbocycles. The highest BCUT2D eigenvalue weighted by Gasteiger charge is 2.11. The van der Waals surface area contributed by atoms with Crippen LogP contribution >= 0.6 is 11.3 Å². The molecule has 0 radical (unpaired) electrons. The molecule has 0 unspecified atom stereocenters. The van der Waals surface area contributed by atoms with Crippen molar-refractivity contribution in [3.63, 3.8) is 0 Å². The van der Waals surface area contributed by atoms with Crippen molar-refractivity contribution in [3.05, 3.63) is 16.1 Å². The first-order valence-corrected chi connectivity index (χ1v) is 7.18. The van der Waals surface area contributed by atoms with E-state index in [1.54, 1.807) is 4.88 Å². The van der Waals surface area contributed by atoms with Gasteiger partial charge in [-0.05, 0) is 13.3 Å². The molecule has 0 atom stereocenters. The lowest BCUT2D eigenvalue weighted by molar-refractivity contribution is -0.694. The van der Waals surface area contributed by atoms with Crippen molar-refractivity contribution in [3.8, 4) is 0 Å². The minimum Gasteiger partial charge on any atom is -0.726 e. The maximum atomic E-state index is 8.63. The quantitative estimate of drug-likeness (QED) is 0.509. The Labute approximate surface area is 100 Å². The summed E-state index contributed by atoms with van der Waals surface area (Å²) in [4.78, 5) is 1.55. The van der Waals surface area contributed by atoms with Gasteiger partial charge in [0.2, 0.25) is 15.9 Å². The van der Waals surface area contributed by atoms with E-state index in [0.717, 1.165) is 6.54 Å². The first-order valence-electron chi connectivity index (χ1n) is 4.94. The molecule has 0 fully saturated rings. The molecule has 0 aromatic carbocycles. The summed E-state index contributed by atoms with van der Waals surface area (Å²) in [5.74, 6) is 0. The molecule has 16 heavy (non-hydrogen) atoms. The Bertz CT molecular complexity index is 403. The molecule has 0 spiro atoms. The second kappa shape index (κ2) is 6.95. The highest BCUT2D eigenvalue weighted by atomic mass is 32.3. The van der Waals surface area contributed by atoms with Crippen LogP contribution in [0.4, 0.5) is 0 Å². The molecule has 1 N–H and O–H groups in total. The van der Waals surface area contributed by atoms with Crippen molar-refractivity contribution in [2.45, 2.75) is 40.2 Å². The van der Waals surface area contributed by atoms with Crippen LogP contribution in [-0.2, 0) is 23.4 Å². The van der Waals surface area contributed by atoms with Crippen molar-refractivity contribution < 1.29 is 22.1 Å². The number of aryl methyl sites for hydroxylation is 2. The molecule has 1 heterocycles. The fourth-order valence-corrected chi connectivity index (χ4v) is 2.40. The van der Waals surface area contributed by atoms with E-state index in [2.05, 4.69) is 30.8 Å². The summed E-state index contributed by atoms with van der Waals surface area (Å²) in [6.45, 7) is 7.74. The van der Waals surface area contributed by atoms with Gasteiger partial charge in [-0.2, -0.15) is 4.57 Å². The van der Waals surface area contributed by atoms with Gasteiger partial charge in [0.15, 0.2) is 5.69 Å². The van der Waals surface area contributed by atoms with E-state index in [9.17, 15) is 0 Å². The fraction of sp³-hybridized carbons (Fsp3) is 0.667. The zero-order chi connectivity index (χ0) is 12.8. The molecule has 0 amide bonds.